The molecule has 1 heterocycles. The molecule has 0 saturated carbocycles. The van der Waals surface area contributed by atoms with Gasteiger partial charge in [0, 0.05) is 10.6 Å². The van der Waals surface area contributed by atoms with Crippen LogP contribution in [0.2, 0.25) is 5.02 Å². The standard InChI is InChI=1S/C12H8ClF3N2/c13-8-3-1-7(2-4-8)9-5-6-10(12(14,15)16)18-11(9)17/h1-6H,(H2,17,18). The molecule has 6 heteroatoms. The van der Waals surface area contributed by atoms with E-state index in [0.717, 1.165) is 6.07 Å². The van der Waals surface area contributed by atoms with E-state index in [1.54, 1.807) is 24.3 Å². The molecule has 0 radical (unpaired) electrons. The molecule has 0 fully saturated rings. The van der Waals surface area contributed by atoms with E-state index >= 15 is 0 Å². The minimum absolute atomic E-state index is 0.160. The van der Waals surface area contributed by atoms with Crippen LogP contribution in [0.4, 0.5) is 19.0 Å². The number of nitrogen functional groups attached to an aromatic ring is 1. The third-order valence-corrected chi connectivity index (χ3v) is 2.62. The first-order chi connectivity index (χ1) is 8.38. The number of alkyl halides is 3. The van der Waals surface area contributed by atoms with Gasteiger partial charge < -0.3 is 5.73 Å². The van der Waals surface area contributed by atoms with Gasteiger partial charge in [-0.1, -0.05) is 23.7 Å². The van der Waals surface area contributed by atoms with Gasteiger partial charge in [-0.2, -0.15) is 13.2 Å². The fraction of sp³-hybridized carbons (Fsp3) is 0.0833. The Morgan fingerprint density at radius 1 is 1.00 bits per heavy atom. The minimum atomic E-state index is -4.49. The van der Waals surface area contributed by atoms with Crippen LogP contribution in [0.15, 0.2) is 36.4 Å². The number of nitrogens with two attached hydrogens (primary N) is 1. The molecule has 0 bridgehead atoms. The molecule has 0 amide bonds. The van der Waals surface area contributed by atoms with E-state index < -0.39 is 11.9 Å². The zero-order valence-electron chi connectivity index (χ0n) is 9.00. The van der Waals surface area contributed by atoms with E-state index in [-0.39, 0.29) is 5.82 Å². The van der Waals surface area contributed by atoms with E-state index in [1.807, 2.05) is 0 Å². The second kappa shape index (κ2) is 4.49. The third kappa shape index (κ3) is 2.56. The summed E-state index contributed by atoms with van der Waals surface area (Å²) >= 11 is 5.73. The number of pyridine rings is 1. The normalized spacial score (nSPS) is 11.6. The van der Waals surface area contributed by atoms with Crippen LogP contribution >= 0.6 is 11.6 Å². The summed E-state index contributed by atoms with van der Waals surface area (Å²) in [4.78, 5) is 3.36. The van der Waals surface area contributed by atoms with Crippen molar-refractivity contribution in [1.82, 2.24) is 4.98 Å². The van der Waals surface area contributed by atoms with Crippen molar-refractivity contribution in [2.75, 3.05) is 5.73 Å². The number of anilines is 1. The smallest absolute Gasteiger partial charge is 0.383 e. The lowest BCUT2D eigenvalue weighted by Gasteiger charge is -2.09. The first-order valence-corrected chi connectivity index (χ1v) is 5.35. The van der Waals surface area contributed by atoms with Crippen molar-refractivity contribution in [1.29, 1.82) is 0 Å². The largest absolute Gasteiger partial charge is 0.433 e. The van der Waals surface area contributed by atoms with E-state index in [4.69, 9.17) is 17.3 Å². The van der Waals surface area contributed by atoms with Gasteiger partial charge in [0.25, 0.3) is 0 Å². The average Bonchev–Trinajstić information content (AvgIpc) is 2.29. The summed E-state index contributed by atoms with van der Waals surface area (Å²) in [7, 11) is 0. The number of aromatic nitrogens is 1. The lowest BCUT2D eigenvalue weighted by atomic mass is 10.1. The van der Waals surface area contributed by atoms with Gasteiger partial charge in [-0.05, 0) is 29.8 Å². The average molecular weight is 273 g/mol. The highest BCUT2D eigenvalue weighted by Gasteiger charge is 2.32. The number of halogens is 4. The maximum absolute atomic E-state index is 12.4. The summed E-state index contributed by atoms with van der Waals surface area (Å²) in [6.07, 6.45) is -4.49. The second-order valence-corrected chi connectivity index (χ2v) is 4.07. The van der Waals surface area contributed by atoms with Crippen molar-refractivity contribution in [2.24, 2.45) is 0 Å². The van der Waals surface area contributed by atoms with Gasteiger partial charge in [0.1, 0.15) is 11.5 Å². The molecule has 0 saturated heterocycles. The van der Waals surface area contributed by atoms with Crippen LogP contribution in [0.3, 0.4) is 0 Å². The predicted molar refractivity (Wildman–Crippen MR) is 64.1 cm³/mol. The quantitative estimate of drug-likeness (QED) is 0.852. The SMILES string of the molecule is Nc1nc(C(F)(F)F)ccc1-c1ccc(Cl)cc1. The topological polar surface area (TPSA) is 38.9 Å². The van der Waals surface area contributed by atoms with Gasteiger partial charge in [0.05, 0.1) is 0 Å². The van der Waals surface area contributed by atoms with Crippen LogP contribution in [-0.4, -0.2) is 4.98 Å². The highest BCUT2D eigenvalue weighted by molar-refractivity contribution is 6.30. The molecule has 1 aromatic carbocycles. The number of benzene rings is 1. The van der Waals surface area contributed by atoms with Crippen molar-refractivity contribution >= 4 is 17.4 Å². The molecule has 0 aliphatic heterocycles. The first kappa shape index (κ1) is 12.7. The summed E-state index contributed by atoms with van der Waals surface area (Å²) in [6.45, 7) is 0. The molecular weight excluding hydrogens is 265 g/mol. The summed E-state index contributed by atoms with van der Waals surface area (Å²) in [5.41, 5.74) is 5.65. The Hall–Kier alpha value is -1.75. The van der Waals surface area contributed by atoms with Gasteiger partial charge in [0.2, 0.25) is 0 Å². The van der Waals surface area contributed by atoms with Crippen molar-refractivity contribution in [3.63, 3.8) is 0 Å². The van der Waals surface area contributed by atoms with E-state index in [2.05, 4.69) is 4.98 Å². The second-order valence-electron chi connectivity index (χ2n) is 3.63. The number of nitrogens with zero attached hydrogens (tertiary/aromatic N) is 1. The van der Waals surface area contributed by atoms with Crippen LogP contribution in [0.1, 0.15) is 5.69 Å². The zero-order valence-corrected chi connectivity index (χ0v) is 9.76. The van der Waals surface area contributed by atoms with Crippen LogP contribution < -0.4 is 5.73 Å². The Kier molecular flexibility index (Phi) is 3.17. The van der Waals surface area contributed by atoms with Gasteiger partial charge in [-0.3, -0.25) is 0 Å². The molecule has 0 aliphatic rings. The van der Waals surface area contributed by atoms with Crippen molar-refractivity contribution in [2.45, 2.75) is 6.18 Å². The molecule has 18 heavy (non-hydrogen) atoms. The Bertz CT molecular complexity index is 565. The molecule has 2 aromatic rings. The van der Waals surface area contributed by atoms with E-state index in [9.17, 15) is 13.2 Å². The molecule has 2 rings (SSSR count). The summed E-state index contributed by atoms with van der Waals surface area (Å²) in [5, 5.41) is 0.539. The Balaban J connectivity index is 2.45. The highest BCUT2D eigenvalue weighted by atomic mass is 35.5. The molecule has 0 atom stereocenters. The van der Waals surface area contributed by atoms with E-state index in [1.165, 1.54) is 6.07 Å². The Morgan fingerprint density at radius 2 is 1.61 bits per heavy atom. The molecule has 0 unspecified atom stereocenters. The van der Waals surface area contributed by atoms with E-state index in [0.29, 0.717) is 16.1 Å². The Labute approximate surface area is 106 Å². The van der Waals surface area contributed by atoms with Crippen molar-refractivity contribution in [3.8, 4) is 11.1 Å². The first-order valence-electron chi connectivity index (χ1n) is 4.97. The van der Waals surface area contributed by atoms with Crippen molar-refractivity contribution in [3.05, 3.63) is 47.1 Å². The highest BCUT2D eigenvalue weighted by Crippen LogP contribution is 2.32. The maximum Gasteiger partial charge on any atom is 0.433 e. The van der Waals surface area contributed by atoms with Crippen LogP contribution in [0.25, 0.3) is 11.1 Å². The molecular formula is C12H8ClF3N2. The van der Waals surface area contributed by atoms with Gasteiger partial charge in [0.15, 0.2) is 0 Å². The molecule has 2 N–H and O–H groups in total. The Morgan fingerprint density at radius 3 is 2.11 bits per heavy atom. The lowest BCUT2D eigenvalue weighted by Crippen LogP contribution is -2.09. The molecule has 1 aromatic heterocycles. The molecule has 0 aliphatic carbocycles. The third-order valence-electron chi connectivity index (χ3n) is 2.37. The summed E-state index contributed by atoms with van der Waals surface area (Å²) in [6, 6.07) is 8.81. The molecule has 0 spiro atoms. The van der Waals surface area contributed by atoms with Crippen LogP contribution in [0, 0.1) is 0 Å². The molecule has 2 nitrogen and oxygen atoms in total. The fourth-order valence-corrected chi connectivity index (χ4v) is 1.63. The number of rotatable bonds is 1. The van der Waals surface area contributed by atoms with Gasteiger partial charge >= 0.3 is 6.18 Å². The van der Waals surface area contributed by atoms with Crippen LogP contribution in [-0.2, 0) is 6.18 Å². The number of hydrogen-bond acceptors (Lipinski definition) is 2. The fourth-order valence-electron chi connectivity index (χ4n) is 1.51. The van der Waals surface area contributed by atoms with Gasteiger partial charge in [-0.25, -0.2) is 4.98 Å². The summed E-state index contributed by atoms with van der Waals surface area (Å²) < 4.78 is 37.3. The van der Waals surface area contributed by atoms with Gasteiger partial charge in [-0.15, -0.1) is 0 Å². The van der Waals surface area contributed by atoms with Crippen LogP contribution in [0.5, 0.6) is 0 Å². The monoisotopic (exact) mass is 272 g/mol. The number of hydrogen-bond donors (Lipinski definition) is 1. The maximum atomic E-state index is 12.4. The zero-order chi connectivity index (χ0) is 13.3. The van der Waals surface area contributed by atoms with Crippen molar-refractivity contribution < 1.29 is 13.2 Å². The predicted octanol–water partition coefficient (Wildman–Crippen LogP) is 4.00. The summed E-state index contributed by atoms with van der Waals surface area (Å²) in [5.74, 6) is -0.160. The molecule has 94 valence electrons. The lowest BCUT2D eigenvalue weighted by molar-refractivity contribution is -0.141. The minimum Gasteiger partial charge on any atom is -0.383 e.